The summed E-state index contributed by atoms with van der Waals surface area (Å²) in [4.78, 5) is 11.8. The first kappa shape index (κ1) is 13.8. The number of carbonyl (C=O) groups excluding carboxylic acids is 1. The normalized spacial score (nSPS) is 42.2. The largest absolute Gasteiger partial charge is 0.425 e. The minimum absolute atomic E-state index is 0.0496. The molecular formula is C16H22O4. The number of methoxy groups -OCH3 is 1. The van der Waals surface area contributed by atoms with Gasteiger partial charge in [-0.25, -0.2) is 4.79 Å². The quantitative estimate of drug-likeness (QED) is 0.590. The van der Waals surface area contributed by atoms with E-state index in [-0.39, 0.29) is 11.3 Å². The Balaban J connectivity index is 2.17. The summed E-state index contributed by atoms with van der Waals surface area (Å²) < 4.78 is 11.2. The van der Waals surface area contributed by atoms with Crippen LogP contribution in [0.3, 0.4) is 0 Å². The van der Waals surface area contributed by atoms with Gasteiger partial charge in [-0.3, -0.25) is 0 Å². The third-order valence-corrected chi connectivity index (χ3v) is 5.24. The van der Waals surface area contributed by atoms with Gasteiger partial charge in [-0.15, -0.1) is 0 Å². The average Bonchev–Trinajstić information content (AvgIpc) is 2.70. The summed E-state index contributed by atoms with van der Waals surface area (Å²) in [6, 6.07) is 0. The number of esters is 1. The molecule has 4 nitrogen and oxygen atoms in total. The van der Waals surface area contributed by atoms with Crippen molar-refractivity contribution >= 4 is 5.97 Å². The minimum atomic E-state index is -1.12. The zero-order valence-corrected chi connectivity index (χ0v) is 12.5. The fourth-order valence-corrected chi connectivity index (χ4v) is 4.31. The zero-order valence-electron chi connectivity index (χ0n) is 12.5. The summed E-state index contributed by atoms with van der Waals surface area (Å²) in [5.74, 6) is -1.28. The third kappa shape index (κ3) is 1.71. The second-order valence-electron chi connectivity index (χ2n) is 6.91. The molecule has 4 rings (SSSR count). The van der Waals surface area contributed by atoms with E-state index in [1.54, 1.807) is 7.11 Å². The molecule has 0 aromatic heterocycles. The van der Waals surface area contributed by atoms with Gasteiger partial charge >= 0.3 is 5.97 Å². The summed E-state index contributed by atoms with van der Waals surface area (Å²) in [5, 5.41) is 10.6. The Bertz CT molecular complexity index is 517. The van der Waals surface area contributed by atoms with Gasteiger partial charge in [-0.2, -0.15) is 0 Å². The number of hydrogen-bond donors (Lipinski definition) is 1. The highest BCUT2D eigenvalue weighted by Crippen LogP contribution is 2.55. The van der Waals surface area contributed by atoms with Crippen molar-refractivity contribution in [2.75, 3.05) is 7.11 Å². The van der Waals surface area contributed by atoms with Crippen LogP contribution in [-0.4, -0.2) is 30.1 Å². The maximum atomic E-state index is 11.8. The monoisotopic (exact) mass is 278 g/mol. The van der Waals surface area contributed by atoms with Crippen LogP contribution in [0.15, 0.2) is 23.3 Å². The molecule has 1 saturated carbocycles. The number of allylic oxidation sites excluding steroid dienone is 1. The van der Waals surface area contributed by atoms with E-state index in [2.05, 4.69) is 26.8 Å². The van der Waals surface area contributed by atoms with Crippen LogP contribution in [0.4, 0.5) is 0 Å². The molecule has 4 heteroatoms. The van der Waals surface area contributed by atoms with Crippen LogP contribution in [0.2, 0.25) is 0 Å². The van der Waals surface area contributed by atoms with Gasteiger partial charge in [-0.05, 0) is 31.1 Å². The third-order valence-electron chi connectivity index (χ3n) is 5.24. The van der Waals surface area contributed by atoms with Gasteiger partial charge < -0.3 is 14.6 Å². The number of carbonyl (C=O) groups is 1. The smallest absolute Gasteiger partial charge is 0.333 e. The highest BCUT2D eigenvalue weighted by atomic mass is 16.7. The summed E-state index contributed by atoms with van der Waals surface area (Å²) >= 11 is 0. The molecule has 0 spiro atoms. The number of ether oxygens (including phenoxy) is 2. The Hall–Kier alpha value is -1.13. The summed E-state index contributed by atoms with van der Waals surface area (Å²) in [5.41, 5.74) is 1.89. The highest BCUT2D eigenvalue weighted by Gasteiger charge is 2.57. The predicted molar refractivity (Wildman–Crippen MR) is 73.7 cm³/mol. The average molecular weight is 278 g/mol. The molecule has 0 aromatic carbocycles. The van der Waals surface area contributed by atoms with Crippen molar-refractivity contribution in [2.45, 2.75) is 45.5 Å². The molecule has 1 fully saturated rings. The Morgan fingerprint density at radius 1 is 1.45 bits per heavy atom. The second kappa shape index (κ2) is 4.18. The van der Waals surface area contributed by atoms with E-state index in [4.69, 9.17) is 9.47 Å². The van der Waals surface area contributed by atoms with Gasteiger partial charge in [0, 0.05) is 24.7 Å². The van der Waals surface area contributed by atoms with Crippen molar-refractivity contribution in [3.05, 3.63) is 23.3 Å². The van der Waals surface area contributed by atoms with Crippen molar-refractivity contribution < 1.29 is 19.4 Å². The van der Waals surface area contributed by atoms with E-state index in [1.807, 2.05) is 0 Å². The van der Waals surface area contributed by atoms with E-state index in [0.717, 1.165) is 6.42 Å². The van der Waals surface area contributed by atoms with Crippen molar-refractivity contribution in [3.63, 3.8) is 0 Å². The number of aliphatic hydroxyl groups is 1. The van der Waals surface area contributed by atoms with Crippen LogP contribution in [-0.2, 0) is 14.3 Å². The SMILES string of the molecule is CO[C@]12OC(=O)C=C1[C@@H](O)C[C@H]1C(C)=C[C@@H]2CC1(C)C. The molecule has 20 heavy (non-hydrogen) atoms. The van der Waals surface area contributed by atoms with E-state index in [1.165, 1.54) is 11.6 Å². The first-order valence-electron chi connectivity index (χ1n) is 7.17. The molecule has 4 aliphatic rings. The molecule has 0 radical (unpaired) electrons. The molecule has 1 N–H and O–H groups in total. The lowest BCUT2D eigenvalue weighted by molar-refractivity contribution is -0.219. The van der Waals surface area contributed by atoms with Crippen molar-refractivity contribution in [1.29, 1.82) is 0 Å². The first-order chi connectivity index (χ1) is 9.30. The Labute approximate surface area is 119 Å². The van der Waals surface area contributed by atoms with E-state index >= 15 is 0 Å². The van der Waals surface area contributed by atoms with Crippen molar-refractivity contribution in [2.24, 2.45) is 17.3 Å². The highest BCUT2D eigenvalue weighted by molar-refractivity contribution is 5.87. The van der Waals surface area contributed by atoms with Gasteiger partial charge in [0.25, 0.3) is 0 Å². The maximum Gasteiger partial charge on any atom is 0.333 e. The van der Waals surface area contributed by atoms with Gasteiger partial charge in [-0.1, -0.05) is 25.5 Å². The van der Waals surface area contributed by atoms with Crippen LogP contribution < -0.4 is 0 Å². The molecule has 2 bridgehead atoms. The summed E-state index contributed by atoms with van der Waals surface area (Å²) in [6.07, 6.45) is 4.36. The second-order valence-corrected chi connectivity index (χ2v) is 6.91. The van der Waals surface area contributed by atoms with E-state index in [0.29, 0.717) is 17.9 Å². The Kier molecular flexibility index (Phi) is 2.89. The Morgan fingerprint density at radius 3 is 2.75 bits per heavy atom. The van der Waals surface area contributed by atoms with Crippen LogP contribution in [0.25, 0.3) is 0 Å². The zero-order chi connectivity index (χ0) is 14.7. The fourth-order valence-electron chi connectivity index (χ4n) is 4.31. The molecule has 0 amide bonds. The lowest BCUT2D eigenvalue weighted by Crippen LogP contribution is -2.52. The standard InChI is InChI=1S/C16H22O4/c1-9-5-10-8-15(2,3)11(9)6-13(17)12-7-14(18)20-16(10,12)19-4/h5,7,10-11,13,17H,6,8H2,1-4H3/t10-,11+,13+,16-/m1/s1. The van der Waals surface area contributed by atoms with E-state index < -0.39 is 17.9 Å². The van der Waals surface area contributed by atoms with E-state index in [9.17, 15) is 9.90 Å². The number of fused-ring (bicyclic) bond motifs is 2. The number of aliphatic hydroxyl groups excluding tert-OH is 1. The molecule has 3 aliphatic carbocycles. The number of rotatable bonds is 1. The molecule has 0 saturated heterocycles. The maximum absolute atomic E-state index is 11.8. The molecule has 4 atom stereocenters. The van der Waals surface area contributed by atoms with Gasteiger partial charge in [0.05, 0.1) is 6.10 Å². The minimum Gasteiger partial charge on any atom is -0.425 e. The van der Waals surface area contributed by atoms with Gasteiger partial charge in [0.15, 0.2) is 0 Å². The van der Waals surface area contributed by atoms with Gasteiger partial charge in [0.1, 0.15) is 0 Å². The molecule has 0 unspecified atom stereocenters. The molecule has 110 valence electrons. The van der Waals surface area contributed by atoms with Crippen molar-refractivity contribution in [3.8, 4) is 0 Å². The number of hydrogen-bond acceptors (Lipinski definition) is 4. The summed E-state index contributed by atoms with van der Waals surface area (Å²) in [7, 11) is 1.54. The molecular weight excluding hydrogens is 256 g/mol. The van der Waals surface area contributed by atoms with Crippen LogP contribution in [0, 0.1) is 17.3 Å². The van der Waals surface area contributed by atoms with Crippen LogP contribution >= 0.6 is 0 Å². The lowest BCUT2D eigenvalue weighted by atomic mass is 9.59. The predicted octanol–water partition coefficient (Wildman–Crippen LogP) is 2.19. The fraction of sp³-hybridized carbons (Fsp3) is 0.688. The van der Waals surface area contributed by atoms with Crippen LogP contribution in [0.5, 0.6) is 0 Å². The Morgan fingerprint density at radius 2 is 2.15 bits per heavy atom. The van der Waals surface area contributed by atoms with Gasteiger partial charge in [0.2, 0.25) is 5.79 Å². The molecule has 1 aliphatic heterocycles. The van der Waals surface area contributed by atoms with Crippen molar-refractivity contribution in [1.82, 2.24) is 0 Å². The first-order valence-corrected chi connectivity index (χ1v) is 7.17. The summed E-state index contributed by atoms with van der Waals surface area (Å²) in [6.45, 7) is 6.52. The lowest BCUT2D eigenvalue weighted by Gasteiger charge is -2.50. The molecule has 1 heterocycles. The van der Waals surface area contributed by atoms with Crippen LogP contribution in [0.1, 0.15) is 33.6 Å². The molecule has 0 aromatic rings. The topological polar surface area (TPSA) is 55.8 Å².